The minimum Gasteiger partial charge on any atom is -0.152 e. The fourth-order valence-corrected chi connectivity index (χ4v) is 3.60. The fourth-order valence-electron chi connectivity index (χ4n) is 2.25. The third kappa shape index (κ3) is 1.68. The average molecular weight is 232 g/mol. The molecule has 0 spiro atoms. The van der Waals surface area contributed by atoms with Crippen LogP contribution in [-0.4, -0.2) is 0 Å². The Labute approximate surface area is 97.9 Å². The van der Waals surface area contributed by atoms with E-state index in [0.29, 0.717) is 0 Å². The summed E-state index contributed by atoms with van der Waals surface area (Å²) in [5.74, 6) is 0. The lowest BCUT2D eigenvalue weighted by molar-refractivity contribution is 0.942. The lowest BCUT2D eigenvalue weighted by Crippen LogP contribution is -1.81. The van der Waals surface area contributed by atoms with Gasteiger partial charge in [0.1, 0.15) is 0 Å². The molecule has 0 aromatic carbocycles. The standard InChI is InChI=1S/C13H12S2/c1-2-12(10-4-6-14-8-10)13(3-1)11-5-7-15-9-11/h4-9H,1-3H2. The molecule has 0 radical (unpaired) electrons. The molecule has 1 aliphatic rings. The fraction of sp³-hybridized carbons (Fsp3) is 0.231. The van der Waals surface area contributed by atoms with E-state index in [1.807, 2.05) is 0 Å². The number of hydrogen-bond acceptors (Lipinski definition) is 2. The van der Waals surface area contributed by atoms with Gasteiger partial charge in [0.25, 0.3) is 0 Å². The number of rotatable bonds is 2. The highest BCUT2D eigenvalue weighted by Crippen LogP contribution is 2.40. The van der Waals surface area contributed by atoms with Gasteiger partial charge in [-0.05, 0) is 75.2 Å². The molecule has 2 heterocycles. The van der Waals surface area contributed by atoms with Crippen molar-refractivity contribution < 1.29 is 0 Å². The third-order valence-corrected chi connectivity index (χ3v) is 4.32. The molecule has 0 amide bonds. The van der Waals surface area contributed by atoms with E-state index in [0.717, 1.165) is 0 Å². The highest BCUT2D eigenvalue weighted by Gasteiger charge is 2.17. The summed E-state index contributed by atoms with van der Waals surface area (Å²) in [6.07, 6.45) is 3.82. The molecule has 1 aliphatic carbocycles. The summed E-state index contributed by atoms with van der Waals surface area (Å²) in [6.45, 7) is 0. The maximum atomic E-state index is 2.27. The van der Waals surface area contributed by atoms with Gasteiger partial charge in [-0.25, -0.2) is 0 Å². The van der Waals surface area contributed by atoms with Crippen LogP contribution in [0, 0.1) is 0 Å². The highest BCUT2D eigenvalue weighted by molar-refractivity contribution is 7.08. The Morgan fingerprint density at radius 3 is 1.73 bits per heavy atom. The predicted molar refractivity (Wildman–Crippen MR) is 69.3 cm³/mol. The summed E-state index contributed by atoms with van der Waals surface area (Å²) in [6, 6.07) is 4.50. The normalized spacial score (nSPS) is 16.3. The molecule has 15 heavy (non-hydrogen) atoms. The molecule has 3 rings (SSSR count). The van der Waals surface area contributed by atoms with Crippen molar-refractivity contribution in [2.45, 2.75) is 19.3 Å². The average Bonchev–Trinajstić information content (AvgIpc) is 3.01. The molecular formula is C13H12S2. The van der Waals surface area contributed by atoms with Gasteiger partial charge in [-0.3, -0.25) is 0 Å². The van der Waals surface area contributed by atoms with Crippen LogP contribution in [0.2, 0.25) is 0 Å². The van der Waals surface area contributed by atoms with Gasteiger partial charge in [0, 0.05) is 0 Å². The van der Waals surface area contributed by atoms with Crippen molar-refractivity contribution in [1.82, 2.24) is 0 Å². The maximum Gasteiger partial charge on any atom is -0.00179 e. The van der Waals surface area contributed by atoms with Gasteiger partial charge in [-0.1, -0.05) is 0 Å². The SMILES string of the molecule is c1cc(C2=C(c3ccsc3)CCC2)cs1. The van der Waals surface area contributed by atoms with Crippen LogP contribution >= 0.6 is 22.7 Å². The molecule has 0 aliphatic heterocycles. The van der Waals surface area contributed by atoms with E-state index in [1.165, 1.54) is 30.4 Å². The minimum absolute atomic E-state index is 1.25. The van der Waals surface area contributed by atoms with Crippen LogP contribution in [-0.2, 0) is 0 Å². The zero-order valence-electron chi connectivity index (χ0n) is 8.40. The Kier molecular flexibility index (Phi) is 2.47. The third-order valence-electron chi connectivity index (χ3n) is 2.96. The van der Waals surface area contributed by atoms with Gasteiger partial charge in [-0.15, -0.1) is 0 Å². The largest absolute Gasteiger partial charge is 0.152 e. The van der Waals surface area contributed by atoms with Gasteiger partial charge in [0.15, 0.2) is 0 Å². The first kappa shape index (κ1) is 9.37. The lowest BCUT2D eigenvalue weighted by Gasteiger charge is -2.03. The van der Waals surface area contributed by atoms with Gasteiger partial charge >= 0.3 is 0 Å². The van der Waals surface area contributed by atoms with Gasteiger partial charge < -0.3 is 0 Å². The van der Waals surface area contributed by atoms with Crippen LogP contribution in [0.4, 0.5) is 0 Å². The van der Waals surface area contributed by atoms with E-state index in [2.05, 4.69) is 33.7 Å². The first-order valence-corrected chi connectivity index (χ1v) is 7.11. The van der Waals surface area contributed by atoms with Crippen LogP contribution < -0.4 is 0 Å². The van der Waals surface area contributed by atoms with Crippen LogP contribution in [0.15, 0.2) is 33.7 Å². The van der Waals surface area contributed by atoms with Crippen molar-refractivity contribution in [3.05, 3.63) is 44.8 Å². The summed E-state index contributed by atoms with van der Waals surface area (Å²) in [7, 11) is 0. The van der Waals surface area contributed by atoms with E-state index in [4.69, 9.17) is 0 Å². The Hall–Kier alpha value is -0.860. The van der Waals surface area contributed by atoms with E-state index >= 15 is 0 Å². The maximum absolute atomic E-state index is 2.27. The minimum atomic E-state index is 1.25. The molecule has 2 aromatic rings. The van der Waals surface area contributed by atoms with Crippen LogP contribution in [0.5, 0.6) is 0 Å². The summed E-state index contributed by atoms with van der Waals surface area (Å²) in [5.41, 5.74) is 6.04. The Bertz CT molecular complexity index is 416. The molecule has 0 fully saturated rings. The molecule has 0 atom stereocenters. The molecule has 2 heteroatoms. The van der Waals surface area contributed by atoms with Gasteiger partial charge in [-0.2, -0.15) is 22.7 Å². The van der Waals surface area contributed by atoms with Crippen molar-refractivity contribution in [3.63, 3.8) is 0 Å². The zero-order valence-corrected chi connectivity index (χ0v) is 10.0. The first-order valence-electron chi connectivity index (χ1n) is 5.22. The Morgan fingerprint density at radius 2 is 1.33 bits per heavy atom. The summed E-state index contributed by atoms with van der Waals surface area (Å²) in [4.78, 5) is 0. The van der Waals surface area contributed by atoms with Crippen LogP contribution in [0.25, 0.3) is 11.1 Å². The van der Waals surface area contributed by atoms with Crippen molar-refractivity contribution in [2.24, 2.45) is 0 Å². The lowest BCUT2D eigenvalue weighted by atomic mass is 10.0. The number of hydrogen-bond donors (Lipinski definition) is 0. The van der Waals surface area contributed by atoms with Gasteiger partial charge in [0.2, 0.25) is 0 Å². The van der Waals surface area contributed by atoms with Crippen LogP contribution in [0.3, 0.4) is 0 Å². The van der Waals surface area contributed by atoms with E-state index < -0.39 is 0 Å². The molecule has 0 saturated heterocycles. The number of thiophene rings is 2. The topological polar surface area (TPSA) is 0 Å². The molecule has 0 N–H and O–H groups in total. The molecule has 0 nitrogen and oxygen atoms in total. The monoisotopic (exact) mass is 232 g/mol. The van der Waals surface area contributed by atoms with Crippen molar-refractivity contribution in [1.29, 1.82) is 0 Å². The molecule has 76 valence electrons. The van der Waals surface area contributed by atoms with E-state index in [9.17, 15) is 0 Å². The van der Waals surface area contributed by atoms with Crippen LogP contribution in [0.1, 0.15) is 30.4 Å². The second-order valence-electron chi connectivity index (χ2n) is 3.83. The van der Waals surface area contributed by atoms with E-state index in [-0.39, 0.29) is 0 Å². The second kappa shape index (κ2) is 3.95. The molecular weight excluding hydrogens is 220 g/mol. The molecule has 0 saturated carbocycles. The Balaban J connectivity index is 2.09. The second-order valence-corrected chi connectivity index (χ2v) is 5.39. The molecule has 0 unspecified atom stereocenters. The molecule has 0 bridgehead atoms. The van der Waals surface area contributed by atoms with Crippen molar-refractivity contribution in [3.8, 4) is 0 Å². The Morgan fingerprint density at radius 1 is 0.800 bits per heavy atom. The first-order chi connectivity index (χ1) is 7.45. The van der Waals surface area contributed by atoms with Crippen molar-refractivity contribution in [2.75, 3.05) is 0 Å². The number of allylic oxidation sites excluding steroid dienone is 2. The summed E-state index contributed by atoms with van der Waals surface area (Å²) >= 11 is 3.59. The molecule has 2 aromatic heterocycles. The summed E-state index contributed by atoms with van der Waals surface area (Å²) in [5, 5.41) is 8.89. The van der Waals surface area contributed by atoms with Crippen molar-refractivity contribution >= 4 is 33.8 Å². The zero-order chi connectivity index (χ0) is 10.1. The van der Waals surface area contributed by atoms with E-state index in [1.54, 1.807) is 33.8 Å². The summed E-state index contributed by atoms with van der Waals surface area (Å²) < 4.78 is 0. The predicted octanol–water partition coefficient (Wildman–Crippen LogP) is 4.90. The quantitative estimate of drug-likeness (QED) is 0.690. The van der Waals surface area contributed by atoms with Gasteiger partial charge in [0.05, 0.1) is 0 Å². The smallest absolute Gasteiger partial charge is 0.00179 e. The highest BCUT2D eigenvalue weighted by atomic mass is 32.1.